The molecule has 0 amide bonds. The molecule has 106 valence electrons. The highest BCUT2D eigenvalue weighted by Gasteiger charge is 2.20. The van der Waals surface area contributed by atoms with Crippen molar-refractivity contribution in [1.29, 1.82) is 0 Å². The summed E-state index contributed by atoms with van der Waals surface area (Å²) in [6, 6.07) is 2.21. The first kappa shape index (κ1) is 14.6. The van der Waals surface area contributed by atoms with Gasteiger partial charge in [-0.3, -0.25) is 5.84 Å². The number of rotatable bonds is 3. The maximum Gasteiger partial charge on any atom is 0.194 e. The lowest BCUT2D eigenvalue weighted by Gasteiger charge is -2.18. The number of hydrogen-bond acceptors (Lipinski definition) is 4. The molecule has 1 heterocycles. The molecule has 0 bridgehead atoms. The van der Waals surface area contributed by atoms with Crippen molar-refractivity contribution < 1.29 is 13.2 Å². The van der Waals surface area contributed by atoms with Gasteiger partial charge in [0.2, 0.25) is 0 Å². The summed E-state index contributed by atoms with van der Waals surface area (Å²) in [6.45, 7) is 0. The highest BCUT2D eigenvalue weighted by molar-refractivity contribution is 6.30. The number of benzene rings is 1. The second kappa shape index (κ2) is 5.66. The fraction of sp³-hybridized carbons (Fsp3) is 0.0833. The van der Waals surface area contributed by atoms with Crippen LogP contribution in [0.25, 0.3) is 0 Å². The summed E-state index contributed by atoms with van der Waals surface area (Å²) >= 11 is 5.80. The first-order valence-corrected chi connectivity index (χ1v) is 5.83. The number of nitrogens with two attached hydrogens (primary N) is 2. The molecule has 0 radical (unpaired) electrons. The molecule has 2 rings (SSSR count). The Kier molecular flexibility index (Phi) is 4.12. The fourth-order valence-electron chi connectivity index (χ4n) is 1.80. The van der Waals surface area contributed by atoms with Crippen LogP contribution >= 0.6 is 11.6 Å². The number of anilines is 1. The molecule has 1 unspecified atom stereocenters. The van der Waals surface area contributed by atoms with Gasteiger partial charge in [0, 0.05) is 11.8 Å². The summed E-state index contributed by atoms with van der Waals surface area (Å²) < 4.78 is 39.5. The van der Waals surface area contributed by atoms with Crippen LogP contribution in [0.15, 0.2) is 24.4 Å². The van der Waals surface area contributed by atoms with E-state index in [1.165, 1.54) is 12.3 Å². The van der Waals surface area contributed by atoms with E-state index < -0.39 is 23.5 Å². The van der Waals surface area contributed by atoms with Gasteiger partial charge in [-0.05, 0) is 23.8 Å². The highest BCUT2D eigenvalue weighted by Crippen LogP contribution is 2.28. The first-order valence-electron chi connectivity index (χ1n) is 5.45. The minimum absolute atomic E-state index is 0.0552. The van der Waals surface area contributed by atoms with Gasteiger partial charge in [-0.25, -0.2) is 23.6 Å². The number of halogens is 4. The zero-order chi connectivity index (χ0) is 14.9. The van der Waals surface area contributed by atoms with E-state index in [4.69, 9.17) is 23.2 Å². The third kappa shape index (κ3) is 2.69. The van der Waals surface area contributed by atoms with Crippen LogP contribution in [-0.4, -0.2) is 4.98 Å². The summed E-state index contributed by atoms with van der Waals surface area (Å²) in [5, 5.41) is 0.275. The van der Waals surface area contributed by atoms with Gasteiger partial charge in [0.05, 0.1) is 11.1 Å². The Hall–Kier alpha value is -1.83. The lowest BCUT2D eigenvalue weighted by atomic mass is 9.99. The van der Waals surface area contributed by atoms with Crippen molar-refractivity contribution >= 4 is 17.4 Å². The molecule has 0 aliphatic rings. The van der Waals surface area contributed by atoms with Crippen molar-refractivity contribution in [2.45, 2.75) is 6.04 Å². The van der Waals surface area contributed by atoms with Crippen molar-refractivity contribution in [2.75, 3.05) is 5.73 Å². The predicted molar refractivity (Wildman–Crippen MR) is 69.1 cm³/mol. The topological polar surface area (TPSA) is 77.0 Å². The molecule has 0 aliphatic heterocycles. The summed E-state index contributed by atoms with van der Waals surface area (Å²) in [5.74, 6) is 1.26. The van der Waals surface area contributed by atoms with E-state index in [0.29, 0.717) is 5.56 Å². The van der Waals surface area contributed by atoms with Crippen molar-refractivity contribution in [3.63, 3.8) is 0 Å². The van der Waals surface area contributed by atoms with Gasteiger partial charge >= 0.3 is 0 Å². The Balaban J connectivity index is 2.55. The monoisotopic (exact) mass is 302 g/mol. The molecule has 1 atom stereocenters. The molecule has 20 heavy (non-hydrogen) atoms. The molecular weight excluding hydrogens is 293 g/mol. The molecule has 8 heteroatoms. The standard InChI is InChI=1S/C12H10ClF3N4/c13-6-3-7(12(17)19-4-6)11(20-18)5-1-8(14)10(16)9(15)2-5/h1-4,11,20H,18H2,(H2,17,19). The average Bonchev–Trinajstić information content (AvgIpc) is 2.40. The second-order valence-electron chi connectivity index (χ2n) is 4.03. The number of nitrogens with zero attached hydrogens (tertiary/aromatic N) is 1. The Morgan fingerprint density at radius 1 is 1.15 bits per heavy atom. The number of aromatic nitrogens is 1. The van der Waals surface area contributed by atoms with Gasteiger partial charge in [0.25, 0.3) is 0 Å². The molecule has 1 aromatic carbocycles. The zero-order valence-electron chi connectivity index (χ0n) is 10.0. The van der Waals surface area contributed by atoms with E-state index >= 15 is 0 Å². The summed E-state index contributed by atoms with van der Waals surface area (Å²) in [7, 11) is 0. The SMILES string of the molecule is NNC(c1cc(F)c(F)c(F)c1)c1cc(Cl)cnc1N. The number of nitrogen functional groups attached to an aromatic ring is 1. The number of hydrogen-bond donors (Lipinski definition) is 3. The largest absolute Gasteiger partial charge is 0.383 e. The Morgan fingerprint density at radius 3 is 2.30 bits per heavy atom. The zero-order valence-corrected chi connectivity index (χ0v) is 10.8. The molecule has 1 aromatic heterocycles. The van der Waals surface area contributed by atoms with Crippen molar-refractivity contribution in [3.05, 3.63) is 58.0 Å². The van der Waals surface area contributed by atoms with Crippen LogP contribution in [0.4, 0.5) is 19.0 Å². The fourth-order valence-corrected chi connectivity index (χ4v) is 1.97. The van der Waals surface area contributed by atoms with Crippen molar-refractivity contribution in [1.82, 2.24) is 10.4 Å². The quantitative estimate of drug-likeness (QED) is 0.462. The highest BCUT2D eigenvalue weighted by atomic mass is 35.5. The van der Waals surface area contributed by atoms with E-state index in [1.807, 2.05) is 0 Å². The van der Waals surface area contributed by atoms with Crippen LogP contribution in [0, 0.1) is 17.5 Å². The first-order chi connectivity index (χ1) is 9.43. The summed E-state index contributed by atoms with van der Waals surface area (Å²) in [5.41, 5.74) is 8.40. The Labute approximate surface area is 117 Å². The normalized spacial score (nSPS) is 12.4. The Bertz CT molecular complexity index is 628. The molecule has 0 saturated carbocycles. The molecule has 4 nitrogen and oxygen atoms in total. The van der Waals surface area contributed by atoms with Crippen LogP contribution in [-0.2, 0) is 0 Å². The molecule has 0 aliphatic carbocycles. The lowest BCUT2D eigenvalue weighted by Crippen LogP contribution is -2.30. The van der Waals surface area contributed by atoms with E-state index in [9.17, 15) is 13.2 Å². The van der Waals surface area contributed by atoms with Crippen LogP contribution in [0.1, 0.15) is 17.2 Å². The average molecular weight is 303 g/mol. The van der Waals surface area contributed by atoms with Crippen LogP contribution in [0.3, 0.4) is 0 Å². The number of pyridine rings is 1. The molecule has 0 fully saturated rings. The van der Waals surface area contributed by atoms with Crippen LogP contribution < -0.4 is 17.0 Å². The lowest BCUT2D eigenvalue weighted by molar-refractivity contribution is 0.442. The van der Waals surface area contributed by atoms with Gasteiger partial charge in [0.15, 0.2) is 17.5 Å². The molecular formula is C12H10ClF3N4. The second-order valence-corrected chi connectivity index (χ2v) is 4.46. The van der Waals surface area contributed by atoms with E-state index in [0.717, 1.165) is 12.1 Å². The molecule has 5 N–H and O–H groups in total. The van der Waals surface area contributed by atoms with Gasteiger partial charge in [-0.1, -0.05) is 11.6 Å². The third-order valence-electron chi connectivity index (χ3n) is 2.73. The van der Waals surface area contributed by atoms with Gasteiger partial charge in [0.1, 0.15) is 5.82 Å². The maximum atomic E-state index is 13.3. The third-order valence-corrected chi connectivity index (χ3v) is 2.94. The van der Waals surface area contributed by atoms with Crippen LogP contribution in [0.2, 0.25) is 5.02 Å². The maximum absolute atomic E-state index is 13.3. The summed E-state index contributed by atoms with van der Waals surface area (Å²) in [4.78, 5) is 3.82. The van der Waals surface area contributed by atoms with E-state index in [2.05, 4.69) is 10.4 Å². The molecule has 0 saturated heterocycles. The van der Waals surface area contributed by atoms with E-state index in [1.54, 1.807) is 0 Å². The van der Waals surface area contributed by atoms with Crippen molar-refractivity contribution in [3.8, 4) is 0 Å². The van der Waals surface area contributed by atoms with Crippen LogP contribution in [0.5, 0.6) is 0 Å². The predicted octanol–water partition coefficient (Wildman–Crippen LogP) is 2.29. The van der Waals surface area contributed by atoms with Crippen molar-refractivity contribution in [2.24, 2.45) is 5.84 Å². The minimum atomic E-state index is -1.55. The molecule has 0 spiro atoms. The van der Waals surface area contributed by atoms with E-state index in [-0.39, 0.29) is 16.4 Å². The summed E-state index contributed by atoms with van der Waals surface area (Å²) in [6.07, 6.45) is 1.32. The minimum Gasteiger partial charge on any atom is -0.383 e. The van der Waals surface area contributed by atoms with Gasteiger partial charge in [-0.2, -0.15) is 0 Å². The molecule has 2 aromatic rings. The number of nitrogens with one attached hydrogen (secondary N) is 1. The smallest absolute Gasteiger partial charge is 0.194 e. The van der Waals surface area contributed by atoms with Gasteiger partial charge in [-0.15, -0.1) is 0 Å². The Morgan fingerprint density at radius 2 is 1.75 bits per heavy atom. The number of hydrazine groups is 1. The van der Waals surface area contributed by atoms with Gasteiger partial charge < -0.3 is 5.73 Å².